The summed E-state index contributed by atoms with van der Waals surface area (Å²) in [5, 5.41) is 11.2. The Kier molecular flexibility index (Phi) is 6.31. The molecular formula is C14H20FNO2S. The van der Waals surface area contributed by atoms with E-state index in [1.165, 1.54) is 17.8 Å². The zero-order valence-electron chi connectivity index (χ0n) is 11.4. The topological polar surface area (TPSA) is 49.3 Å². The lowest BCUT2D eigenvalue weighted by Gasteiger charge is -2.14. The summed E-state index contributed by atoms with van der Waals surface area (Å²) in [7, 11) is 0. The predicted octanol–water partition coefficient (Wildman–Crippen LogP) is 2.82. The molecule has 5 heteroatoms. The van der Waals surface area contributed by atoms with Crippen LogP contribution < -0.4 is 5.32 Å². The number of aliphatic hydroxyl groups excluding tert-OH is 1. The van der Waals surface area contributed by atoms with E-state index in [2.05, 4.69) is 5.32 Å². The second-order valence-electron chi connectivity index (χ2n) is 4.74. The average molecular weight is 285 g/mol. The molecule has 2 atom stereocenters. The monoisotopic (exact) mass is 285 g/mol. The highest BCUT2D eigenvalue weighted by Gasteiger charge is 2.16. The summed E-state index contributed by atoms with van der Waals surface area (Å²) in [6, 6.07) is 4.71. The zero-order chi connectivity index (χ0) is 14.4. The van der Waals surface area contributed by atoms with Crippen LogP contribution in [0.3, 0.4) is 0 Å². The molecule has 0 unspecified atom stereocenters. The summed E-state index contributed by atoms with van der Waals surface area (Å²) < 4.78 is 13.6. The first-order chi connectivity index (χ1) is 8.93. The average Bonchev–Trinajstić information content (AvgIpc) is 2.38. The number of hydrogen-bond donors (Lipinski definition) is 2. The molecule has 19 heavy (non-hydrogen) atoms. The van der Waals surface area contributed by atoms with E-state index in [0.29, 0.717) is 5.75 Å². The van der Waals surface area contributed by atoms with E-state index in [9.17, 15) is 9.18 Å². The van der Waals surface area contributed by atoms with Crippen molar-refractivity contribution < 1.29 is 14.3 Å². The minimum Gasteiger partial charge on any atom is -0.396 e. The van der Waals surface area contributed by atoms with Crippen molar-refractivity contribution in [2.45, 2.75) is 26.0 Å². The molecule has 0 saturated carbocycles. The Hall–Kier alpha value is -1.07. The number of anilines is 1. The molecule has 1 aromatic carbocycles. The molecule has 106 valence electrons. The molecule has 0 radical (unpaired) electrons. The van der Waals surface area contributed by atoms with Gasteiger partial charge >= 0.3 is 0 Å². The maximum Gasteiger partial charge on any atom is 0.237 e. The van der Waals surface area contributed by atoms with Crippen molar-refractivity contribution in [3.63, 3.8) is 0 Å². The Morgan fingerprint density at radius 1 is 1.47 bits per heavy atom. The van der Waals surface area contributed by atoms with Crippen LogP contribution in [0, 0.1) is 18.7 Å². The van der Waals surface area contributed by atoms with Gasteiger partial charge in [-0.05, 0) is 43.2 Å². The number of hydrogen-bond acceptors (Lipinski definition) is 3. The SMILES string of the molecule is Cc1ccc(NC(=O)[C@H](C)SC[C@@H](C)CO)c(F)c1. The lowest BCUT2D eigenvalue weighted by atomic mass is 10.2. The maximum absolute atomic E-state index is 13.6. The van der Waals surface area contributed by atoms with Crippen LogP contribution in [0.2, 0.25) is 0 Å². The van der Waals surface area contributed by atoms with Crippen molar-refractivity contribution in [1.29, 1.82) is 0 Å². The van der Waals surface area contributed by atoms with Gasteiger partial charge in [-0.2, -0.15) is 0 Å². The normalized spacial score (nSPS) is 13.9. The number of carbonyl (C=O) groups is 1. The number of amides is 1. The van der Waals surface area contributed by atoms with Gasteiger partial charge in [-0.15, -0.1) is 11.8 Å². The van der Waals surface area contributed by atoms with E-state index in [1.807, 2.05) is 6.92 Å². The van der Waals surface area contributed by atoms with E-state index < -0.39 is 5.82 Å². The van der Waals surface area contributed by atoms with E-state index in [-0.39, 0.29) is 29.4 Å². The lowest BCUT2D eigenvalue weighted by Crippen LogP contribution is -2.24. The highest BCUT2D eigenvalue weighted by molar-refractivity contribution is 8.00. The van der Waals surface area contributed by atoms with Crippen LogP contribution in [-0.2, 0) is 4.79 Å². The molecule has 0 aliphatic carbocycles. The first-order valence-corrected chi connectivity index (χ1v) is 7.28. The summed E-state index contributed by atoms with van der Waals surface area (Å²) in [5.41, 5.74) is 1.02. The highest BCUT2D eigenvalue weighted by Crippen LogP contribution is 2.19. The standard InChI is InChI=1S/C14H20FNO2S/c1-9-4-5-13(12(15)6-9)16-14(18)11(3)19-8-10(2)7-17/h4-6,10-11,17H,7-8H2,1-3H3,(H,16,18)/t10-,11-/m0/s1. The molecule has 0 saturated heterocycles. The number of halogens is 1. The van der Waals surface area contributed by atoms with E-state index in [1.54, 1.807) is 26.0 Å². The quantitative estimate of drug-likeness (QED) is 0.845. The van der Waals surface area contributed by atoms with Gasteiger partial charge < -0.3 is 10.4 Å². The first-order valence-electron chi connectivity index (χ1n) is 6.23. The van der Waals surface area contributed by atoms with Crippen molar-refractivity contribution in [3.05, 3.63) is 29.6 Å². The molecular weight excluding hydrogens is 265 g/mol. The highest BCUT2D eigenvalue weighted by atomic mass is 32.2. The summed E-state index contributed by atoms with van der Waals surface area (Å²) >= 11 is 1.45. The van der Waals surface area contributed by atoms with E-state index in [4.69, 9.17) is 5.11 Å². The molecule has 0 fully saturated rings. The van der Waals surface area contributed by atoms with Gasteiger partial charge in [-0.3, -0.25) is 4.79 Å². The third kappa shape index (κ3) is 5.20. The third-order valence-electron chi connectivity index (χ3n) is 2.69. The van der Waals surface area contributed by atoms with Gasteiger partial charge in [0.1, 0.15) is 5.82 Å². The zero-order valence-corrected chi connectivity index (χ0v) is 12.3. The van der Waals surface area contributed by atoms with Gasteiger partial charge in [0.05, 0.1) is 10.9 Å². The fourth-order valence-electron chi connectivity index (χ4n) is 1.39. The van der Waals surface area contributed by atoms with Gasteiger partial charge in [0.2, 0.25) is 5.91 Å². The van der Waals surface area contributed by atoms with E-state index >= 15 is 0 Å². The number of aliphatic hydroxyl groups is 1. The molecule has 2 N–H and O–H groups in total. The van der Waals surface area contributed by atoms with Crippen molar-refractivity contribution in [1.82, 2.24) is 0 Å². The predicted molar refractivity (Wildman–Crippen MR) is 77.9 cm³/mol. The largest absolute Gasteiger partial charge is 0.396 e. The molecule has 0 heterocycles. The second-order valence-corrected chi connectivity index (χ2v) is 6.11. The number of rotatable bonds is 6. The van der Waals surface area contributed by atoms with Gasteiger partial charge in [-0.25, -0.2) is 4.39 Å². The van der Waals surface area contributed by atoms with Gasteiger partial charge in [0, 0.05) is 6.61 Å². The van der Waals surface area contributed by atoms with Crippen LogP contribution in [-0.4, -0.2) is 28.6 Å². The molecule has 0 aliphatic heterocycles. The summed E-state index contributed by atoms with van der Waals surface area (Å²) in [6.07, 6.45) is 0. The van der Waals surface area contributed by atoms with Gasteiger partial charge in [0.15, 0.2) is 0 Å². The van der Waals surface area contributed by atoms with Crippen LogP contribution in [0.5, 0.6) is 0 Å². The van der Waals surface area contributed by atoms with Crippen molar-refractivity contribution in [3.8, 4) is 0 Å². The van der Waals surface area contributed by atoms with Crippen LogP contribution in [0.25, 0.3) is 0 Å². The Morgan fingerprint density at radius 3 is 2.74 bits per heavy atom. The fraction of sp³-hybridized carbons (Fsp3) is 0.500. The first kappa shape index (κ1) is 16.0. The molecule has 1 aromatic rings. The fourth-order valence-corrected chi connectivity index (χ4v) is 2.33. The second kappa shape index (κ2) is 7.50. The van der Waals surface area contributed by atoms with E-state index in [0.717, 1.165) is 5.56 Å². The number of aryl methyl sites for hydroxylation is 1. The summed E-state index contributed by atoms with van der Waals surface area (Å²) in [4.78, 5) is 11.9. The number of carbonyl (C=O) groups excluding carboxylic acids is 1. The Labute approximate surface area is 117 Å². The van der Waals surface area contributed by atoms with Crippen molar-refractivity contribution in [2.24, 2.45) is 5.92 Å². The van der Waals surface area contributed by atoms with Crippen molar-refractivity contribution in [2.75, 3.05) is 17.7 Å². The molecule has 0 spiro atoms. The maximum atomic E-state index is 13.6. The van der Waals surface area contributed by atoms with Crippen LogP contribution in [0.4, 0.5) is 10.1 Å². The molecule has 0 bridgehead atoms. The number of thioether (sulfide) groups is 1. The summed E-state index contributed by atoms with van der Waals surface area (Å²) in [5.74, 6) is 0.199. The smallest absolute Gasteiger partial charge is 0.237 e. The van der Waals surface area contributed by atoms with Crippen LogP contribution >= 0.6 is 11.8 Å². The minimum atomic E-state index is -0.422. The van der Waals surface area contributed by atoms with Gasteiger partial charge in [0.25, 0.3) is 0 Å². The van der Waals surface area contributed by atoms with Gasteiger partial charge in [-0.1, -0.05) is 13.0 Å². The molecule has 1 amide bonds. The van der Waals surface area contributed by atoms with Crippen molar-refractivity contribution >= 4 is 23.4 Å². The molecule has 0 aliphatic rings. The van der Waals surface area contributed by atoms with Crippen LogP contribution in [0.15, 0.2) is 18.2 Å². The lowest BCUT2D eigenvalue weighted by molar-refractivity contribution is -0.115. The Bertz CT molecular complexity index is 439. The Morgan fingerprint density at radius 2 is 2.16 bits per heavy atom. The third-order valence-corrected chi connectivity index (χ3v) is 4.17. The molecule has 3 nitrogen and oxygen atoms in total. The number of benzene rings is 1. The minimum absolute atomic E-state index is 0.105. The Balaban J connectivity index is 2.54. The number of nitrogens with one attached hydrogen (secondary N) is 1. The van der Waals surface area contributed by atoms with Crippen LogP contribution in [0.1, 0.15) is 19.4 Å². The molecule has 0 aromatic heterocycles. The summed E-state index contributed by atoms with van der Waals surface area (Å²) in [6.45, 7) is 5.59. The molecule has 1 rings (SSSR count).